The maximum absolute atomic E-state index is 12.0. The van der Waals surface area contributed by atoms with Crippen molar-refractivity contribution in [1.29, 1.82) is 0 Å². The molecule has 0 aromatic rings. The van der Waals surface area contributed by atoms with Gasteiger partial charge in [-0.25, -0.2) is 4.72 Å². The molecular weight excluding hydrogens is 238 g/mol. The highest BCUT2D eigenvalue weighted by molar-refractivity contribution is 7.87. The Morgan fingerprint density at radius 3 is 2.24 bits per heavy atom. The largest absolute Gasteiger partial charge is 0.326 e. The van der Waals surface area contributed by atoms with Crippen LogP contribution in [0, 0.1) is 5.41 Å². The maximum Gasteiger partial charge on any atom is 0.279 e. The molecule has 0 radical (unpaired) electrons. The van der Waals surface area contributed by atoms with Gasteiger partial charge in [0.2, 0.25) is 0 Å². The van der Waals surface area contributed by atoms with Crippen LogP contribution in [-0.4, -0.2) is 38.4 Å². The molecule has 0 spiro atoms. The van der Waals surface area contributed by atoms with Gasteiger partial charge in [-0.2, -0.15) is 12.7 Å². The monoisotopic (exact) mass is 263 g/mol. The van der Waals surface area contributed by atoms with Gasteiger partial charge < -0.3 is 5.73 Å². The Kier molecular flexibility index (Phi) is 4.95. The second kappa shape index (κ2) is 5.65. The minimum atomic E-state index is -3.34. The minimum absolute atomic E-state index is 0.0928. The van der Waals surface area contributed by atoms with E-state index in [2.05, 4.69) is 4.72 Å². The number of rotatable bonds is 4. The van der Waals surface area contributed by atoms with Gasteiger partial charge in [-0.15, -0.1) is 0 Å². The summed E-state index contributed by atoms with van der Waals surface area (Å²) in [6.45, 7) is 7.56. The van der Waals surface area contributed by atoms with E-state index in [-0.39, 0.29) is 11.5 Å². The second-order valence-electron chi connectivity index (χ2n) is 5.79. The Bertz CT molecular complexity index is 329. The molecule has 17 heavy (non-hydrogen) atoms. The average molecular weight is 263 g/mol. The van der Waals surface area contributed by atoms with E-state index >= 15 is 0 Å². The lowest BCUT2D eigenvalue weighted by molar-refractivity contribution is 0.310. The summed E-state index contributed by atoms with van der Waals surface area (Å²) in [5, 5.41) is 0. The van der Waals surface area contributed by atoms with Crippen LogP contribution in [-0.2, 0) is 10.2 Å². The van der Waals surface area contributed by atoms with Gasteiger partial charge in [0.1, 0.15) is 0 Å². The first kappa shape index (κ1) is 14.9. The standard InChI is InChI=1S/C11H25N3O2S/c1-11(2,3)10(12)9-13-17(15,16)14-7-5-4-6-8-14/h10,13H,4-9,12H2,1-3H3/t10-/m1/s1. The van der Waals surface area contributed by atoms with E-state index in [1.54, 1.807) is 0 Å². The third-order valence-electron chi connectivity index (χ3n) is 3.25. The Hall–Kier alpha value is -0.170. The fraction of sp³-hybridized carbons (Fsp3) is 1.00. The average Bonchev–Trinajstić information content (AvgIpc) is 2.26. The van der Waals surface area contributed by atoms with Crippen molar-refractivity contribution in [2.24, 2.45) is 11.1 Å². The van der Waals surface area contributed by atoms with E-state index in [4.69, 9.17) is 5.73 Å². The summed E-state index contributed by atoms with van der Waals surface area (Å²) >= 11 is 0. The SMILES string of the molecule is CC(C)(C)[C@H](N)CNS(=O)(=O)N1CCCCC1. The number of hydrogen-bond donors (Lipinski definition) is 2. The van der Waals surface area contributed by atoms with Gasteiger partial charge in [-0.05, 0) is 18.3 Å². The quantitative estimate of drug-likeness (QED) is 0.783. The molecule has 0 saturated carbocycles. The van der Waals surface area contributed by atoms with E-state index in [1.165, 1.54) is 4.31 Å². The van der Waals surface area contributed by atoms with Crippen LogP contribution in [0.4, 0.5) is 0 Å². The highest BCUT2D eigenvalue weighted by Gasteiger charge is 2.26. The van der Waals surface area contributed by atoms with Crippen LogP contribution in [0.2, 0.25) is 0 Å². The summed E-state index contributed by atoms with van der Waals surface area (Å²) in [6, 6.07) is -0.179. The third kappa shape index (κ3) is 4.54. The van der Waals surface area contributed by atoms with Gasteiger partial charge in [0.15, 0.2) is 0 Å². The van der Waals surface area contributed by atoms with Gasteiger partial charge in [-0.1, -0.05) is 27.2 Å². The van der Waals surface area contributed by atoms with E-state index in [9.17, 15) is 8.42 Å². The molecule has 1 aliphatic heterocycles. The normalized spacial score (nSPS) is 21.4. The van der Waals surface area contributed by atoms with Crippen LogP contribution in [0.25, 0.3) is 0 Å². The molecule has 0 aromatic heterocycles. The van der Waals surface area contributed by atoms with Crippen molar-refractivity contribution in [3.63, 3.8) is 0 Å². The topological polar surface area (TPSA) is 75.4 Å². The molecular formula is C11H25N3O2S. The van der Waals surface area contributed by atoms with Crippen molar-refractivity contribution >= 4 is 10.2 Å². The van der Waals surface area contributed by atoms with E-state index in [0.29, 0.717) is 19.6 Å². The number of nitrogens with two attached hydrogens (primary N) is 1. The highest BCUT2D eigenvalue weighted by atomic mass is 32.2. The third-order valence-corrected chi connectivity index (χ3v) is 4.83. The molecule has 0 amide bonds. The van der Waals surface area contributed by atoms with E-state index in [0.717, 1.165) is 19.3 Å². The number of nitrogens with one attached hydrogen (secondary N) is 1. The molecule has 1 aliphatic rings. The Balaban J connectivity index is 2.49. The summed E-state index contributed by atoms with van der Waals surface area (Å²) in [5.74, 6) is 0. The number of hydrogen-bond acceptors (Lipinski definition) is 3. The summed E-state index contributed by atoms with van der Waals surface area (Å²) in [7, 11) is -3.34. The predicted molar refractivity (Wildman–Crippen MR) is 69.8 cm³/mol. The zero-order chi connectivity index (χ0) is 13.1. The first-order valence-corrected chi connectivity index (χ1v) is 7.68. The molecule has 1 rings (SSSR count). The molecule has 0 aromatic carbocycles. The van der Waals surface area contributed by atoms with Crippen LogP contribution in [0.1, 0.15) is 40.0 Å². The van der Waals surface area contributed by atoms with Crippen molar-refractivity contribution < 1.29 is 8.42 Å². The molecule has 0 bridgehead atoms. The van der Waals surface area contributed by atoms with Crippen molar-refractivity contribution in [3.05, 3.63) is 0 Å². The lowest BCUT2D eigenvalue weighted by Gasteiger charge is -2.30. The Labute approximate surface area is 105 Å². The summed E-state index contributed by atoms with van der Waals surface area (Å²) in [4.78, 5) is 0. The molecule has 6 heteroatoms. The van der Waals surface area contributed by atoms with Crippen LogP contribution in [0.15, 0.2) is 0 Å². The van der Waals surface area contributed by atoms with Crippen molar-refractivity contribution in [3.8, 4) is 0 Å². The van der Waals surface area contributed by atoms with Gasteiger partial charge in [-0.3, -0.25) is 0 Å². The predicted octanol–water partition coefficient (Wildman–Crippen LogP) is 0.680. The second-order valence-corrected chi connectivity index (χ2v) is 7.54. The fourth-order valence-electron chi connectivity index (χ4n) is 1.70. The van der Waals surface area contributed by atoms with Gasteiger partial charge in [0.05, 0.1) is 0 Å². The van der Waals surface area contributed by atoms with Crippen LogP contribution in [0.5, 0.6) is 0 Å². The molecule has 1 fully saturated rings. The van der Waals surface area contributed by atoms with E-state index in [1.807, 2.05) is 20.8 Å². The smallest absolute Gasteiger partial charge is 0.279 e. The highest BCUT2D eigenvalue weighted by Crippen LogP contribution is 2.17. The molecule has 102 valence electrons. The lowest BCUT2D eigenvalue weighted by Crippen LogP contribution is -2.50. The van der Waals surface area contributed by atoms with E-state index < -0.39 is 10.2 Å². The van der Waals surface area contributed by atoms with Crippen LogP contribution < -0.4 is 10.5 Å². The van der Waals surface area contributed by atoms with Gasteiger partial charge in [0, 0.05) is 25.7 Å². The van der Waals surface area contributed by atoms with Gasteiger partial charge >= 0.3 is 0 Å². The summed E-state index contributed by atoms with van der Waals surface area (Å²) in [5.41, 5.74) is 5.85. The lowest BCUT2D eigenvalue weighted by atomic mass is 9.88. The first-order valence-electron chi connectivity index (χ1n) is 6.24. The molecule has 1 saturated heterocycles. The zero-order valence-electron chi connectivity index (χ0n) is 11.1. The maximum atomic E-state index is 12.0. The molecule has 3 N–H and O–H groups in total. The minimum Gasteiger partial charge on any atom is -0.326 e. The molecule has 5 nitrogen and oxygen atoms in total. The molecule has 1 atom stereocenters. The summed E-state index contributed by atoms with van der Waals surface area (Å²) in [6.07, 6.45) is 3.02. The first-order chi connectivity index (χ1) is 7.73. The van der Waals surface area contributed by atoms with Crippen molar-refractivity contribution in [2.45, 2.75) is 46.1 Å². The van der Waals surface area contributed by atoms with Crippen molar-refractivity contribution in [1.82, 2.24) is 9.03 Å². The number of piperidine rings is 1. The summed E-state index contributed by atoms with van der Waals surface area (Å²) < 4.78 is 28.1. The van der Waals surface area contributed by atoms with Crippen LogP contribution >= 0.6 is 0 Å². The van der Waals surface area contributed by atoms with Crippen LogP contribution in [0.3, 0.4) is 0 Å². The Morgan fingerprint density at radius 1 is 1.24 bits per heavy atom. The molecule has 0 aliphatic carbocycles. The van der Waals surface area contributed by atoms with Gasteiger partial charge in [0.25, 0.3) is 10.2 Å². The molecule has 1 heterocycles. The molecule has 0 unspecified atom stereocenters. The zero-order valence-corrected chi connectivity index (χ0v) is 11.9. The fourth-order valence-corrected chi connectivity index (χ4v) is 3.01. The van der Waals surface area contributed by atoms with Crippen molar-refractivity contribution in [2.75, 3.05) is 19.6 Å². The number of nitrogens with zero attached hydrogens (tertiary/aromatic N) is 1. The Morgan fingerprint density at radius 2 is 1.76 bits per heavy atom.